The Balaban J connectivity index is 1.26. The number of benzene rings is 6. The minimum Gasteiger partial charge on any atom is -0.278 e. The van der Waals surface area contributed by atoms with Crippen LogP contribution < -0.4 is 0 Å². The van der Waals surface area contributed by atoms with Crippen LogP contribution >= 0.6 is 11.3 Å². The summed E-state index contributed by atoms with van der Waals surface area (Å²) in [5.74, 6) is 0.669. The number of thiophene rings is 1. The highest BCUT2D eigenvalue weighted by molar-refractivity contribution is 7.26. The molecule has 0 amide bonds. The fourth-order valence-electron chi connectivity index (χ4n) is 6.47. The minimum atomic E-state index is 0.669. The van der Waals surface area contributed by atoms with E-state index in [-0.39, 0.29) is 0 Å². The Morgan fingerprint density at radius 2 is 1.09 bits per heavy atom. The van der Waals surface area contributed by atoms with Crippen molar-refractivity contribution in [1.82, 2.24) is 14.5 Å². The molecule has 3 aromatic heterocycles. The first-order valence-corrected chi connectivity index (χ1v) is 15.6. The molecule has 0 atom stereocenters. The van der Waals surface area contributed by atoms with Gasteiger partial charge in [-0.05, 0) is 40.5 Å². The number of aromatic nitrogens is 3. The average molecular weight is 580 g/mol. The number of nitrogens with zero attached hydrogens (tertiary/aromatic N) is 3. The van der Waals surface area contributed by atoms with Gasteiger partial charge in [0, 0.05) is 42.7 Å². The van der Waals surface area contributed by atoms with E-state index >= 15 is 0 Å². The SMILES string of the molecule is c1ccc(-c2ccc3c4ccccc4n(-c4nccc(-c5cccc6c5sc5c(-c7ccccc7)cccc56)n4)c3c2)cc1. The van der Waals surface area contributed by atoms with Gasteiger partial charge in [0.25, 0.3) is 0 Å². The Bertz CT molecular complexity index is 2490. The summed E-state index contributed by atoms with van der Waals surface area (Å²) < 4.78 is 4.74. The van der Waals surface area contributed by atoms with Gasteiger partial charge in [0.05, 0.1) is 16.7 Å². The molecule has 6 aromatic carbocycles. The highest BCUT2D eigenvalue weighted by Crippen LogP contribution is 2.43. The van der Waals surface area contributed by atoms with E-state index in [0.717, 1.165) is 22.3 Å². The van der Waals surface area contributed by atoms with Gasteiger partial charge in [0.2, 0.25) is 5.95 Å². The third-order valence-electron chi connectivity index (χ3n) is 8.51. The Labute approximate surface area is 258 Å². The largest absolute Gasteiger partial charge is 0.278 e. The molecule has 0 saturated carbocycles. The molecule has 3 nitrogen and oxygen atoms in total. The zero-order valence-electron chi connectivity index (χ0n) is 23.7. The lowest BCUT2D eigenvalue weighted by Crippen LogP contribution is -2.01. The lowest BCUT2D eigenvalue weighted by Gasteiger charge is -2.09. The first-order valence-electron chi connectivity index (χ1n) is 14.8. The van der Waals surface area contributed by atoms with Crippen LogP contribution in [-0.4, -0.2) is 14.5 Å². The van der Waals surface area contributed by atoms with Crippen LogP contribution in [0.15, 0.2) is 152 Å². The zero-order valence-corrected chi connectivity index (χ0v) is 24.5. The Morgan fingerprint density at radius 1 is 0.455 bits per heavy atom. The smallest absolute Gasteiger partial charge is 0.235 e. The lowest BCUT2D eigenvalue weighted by atomic mass is 10.0. The van der Waals surface area contributed by atoms with E-state index in [9.17, 15) is 0 Å². The molecule has 44 heavy (non-hydrogen) atoms. The van der Waals surface area contributed by atoms with Crippen molar-refractivity contribution >= 4 is 53.3 Å². The number of hydrogen-bond acceptors (Lipinski definition) is 3. The summed E-state index contributed by atoms with van der Waals surface area (Å²) in [6, 6.07) is 51.6. The quantitative estimate of drug-likeness (QED) is 0.208. The molecule has 0 spiro atoms. The van der Waals surface area contributed by atoms with Crippen molar-refractivity contribution < 1.29 is 0 Å². The second-order valence-corrected chi connectivity index (χ2v) is 12.0. The Morgan fingerprint density at radius 3 is 1.89 bits per heavy atom. The minimum absolute atomic E-state index is 0.669. The monoisotopic (exact) mass is 579 g/mol. The molecular formula is C40H25N3S. The topological polar surface area (TPSA) is 30.7 Å². The molecule has 0 aliphatic carbocycles. The third-order valence-corrected chi connectivity index (χ3v) is 9.80. The van der Waals surface area contributed by atoms with Crippen LogP contribution in [0.3, 0.4) is 0 Å². The number of para-hydroxylation sites is 1. The predicted octanol–water partition coefficient (Wildman–Crippen LogP) is 10.9. The first kappa shape index (κ1) is 25.0. The van der Waals surface area contributed by atoms with Crippen molar-refractivity contribution in [3.63, 3.8) is 0 Å². The third kappa shape index (κ3) is 3.89. The van der Waals surface area contributed by atoms with E-state index in [4.69, 9.17) is 9.97 Å². The van der Waals surface area contributed by atoms with Crippen LogP contribution in [0.1, 0.15) is 0 Å². The van der Waals surface area contributed by atoms with Crippen molar-refractivity contribution in [3.8, 4) is 39.5 Å². The van der Waals surface area contributed by atoms with Gasteiger partial charge < -0.3 is 0 Å². The Kier molecular flexibility index (Phi) is 5.68. The van der Waals surface area contributed by atoms with E-state index in [0.29, 0.717) is 5.95 Å². The van der Waals surface area contributed by atoms with Crippen molar-refractivity contribution in [2.24, 2.45) is 0 Å². The van der Waals surface area contributed by atoms with Crippen LogP contribution in [-0.2, 0) is 0 Å². The molecule has 206 valence electrons. The fourth-order valence-corrected chi connectivity index (χ4v) is 7.83. The van der Waals surface area contributed by atoms with Crippen molar-refractivity contribution in [3.05, 3.63) is 152 Å². The highest BCUT2D eigenvalue weighted by Gasteiger charge is 2.18. The van der Waals surface area contributed by atoms with Crippen LogP contribution in [0.4, 0.5) is 0 Å². The molecule has 4 heteroatoms. The molecular weight excluding hydrogens is 555 g/mol. The number of fused-ring (bicyclic) bond motifs is 6. The normalized spacial score (nSPS) is 11.6. The van der Waals surface area contributed by atoms with E-state index in [2.05, 4.69) is 144 Å². The van der Waals surface area contributed by atoms with Crippen LogP contribution in [0.25, 0.3) is 81.4 Å². The standard InChI is InChI=1S/C40H25N3S/c1-3-11-26(12-4-1)28-21-22-31-30-15-7-8-20-36(30)43(37(31)25-28)40-41-24-23-35(42-40)34-19-10-18-33-32-17-9-16-29(38(32)44-39(33)34)27-13-5-2-6-14-27/h1-25H. The van der Waals surface area contributed by atoms with E-state index in [1.807, 2.05) is 23.6 Å². The van der Waals surface area contributed by atoms with E-state index in [1.165, 1.54) is 53.2 Å². The molecule has 0 radical (unpaired) electrons. The summed E-state index contributed by atoms with van der Waals surface area (Å²) in [5, 5.41) is 4.91. The fraction of sp³-hybridized carbons (Fsp3) is 0. The maximum absolute atomic E-state index is 5.25. The predicted molar refractivity (Wildman–Crippen MR) is 186 cm³/mol. The molecule has 0 aliphatic heterocycles. The van der Waals surface area contributed by atoms with Gasteiger partial charge in [-0.25, -0.2) is 9.97 Å². The average Bonchev–Trinajstić information content (AvgIpc) is 3.65. The Hall–Kier alpha value is -5.58. The molecule has 0 aliphatic rings. The maximum Gasteiger partial charge on any atom is 0.235 e. The maximum atomic E-state index is 5.25. The van der Waals surface area contributed by atoms with Crippen molar-refractivity contribution in [2.75, 3.05) is 0 Å². The molecule has 9 aromatic rings. The van der Waals surface area contributed by atoms with E-state index in [1.54, 1.807) is 0 Å². The van der Waals surface area contributed by atoms with Gasteiger partial charge in [-0.15, -0.1) is 11.3 Å². The van der Waals surface area contributed by atoms with Gasteiger partial charge in [0.1, 0.15) is 0 Å². The van der Waals surface area contributed by atoms with E-state index < -0.39 is 0 Å². The molecule has 3 heterocycles. The number of hydrogen-bond donors (Lipinski definition) is 0. The molecule has 0 saturated heterocycles. The first-order chi connectivity index (χ1) is 21.8. The molecule has 0 bridgehead atoms. The molecule has 0 N–H and O–H groups in total. The van der Waals surface area contributed by atoms with Gasteiger partial charge >= 0.3 is 0 Å². The van der Waals surface area contributed by atoms with Gasteiger partial charge in [-0.2, -0.15) is 0 Å². The van der Waals surface area contributed by atoms with Crippen molar-refractivity contribution in [2.45, 2.75) is 0 Å². The summed E-state index contributed by atoms with van der Waals surface area (Å²) in [6.45, 7) is 0. The summed E-state index contributed by atoms with van der Waals surface area (Å²) in [4.78, 5) is 10.1. The zero-order chi connectivity index (χ0) is 29.0. The van der Waals surface area contributed by atoms with Gasteiger partial charge in [0.15, 0.2) is 0 Å². The highest BCUT2D eigenvalue weighted by atomic mass is 32.1. The molecule has 0 fully saturated rings. The molecule has 9 rings (SSSR count). The lowest BCUT2D eigenvalue weighted by molar-refractivity contribution is 0.993. The molecule has 0 unspecified atom stereocenters. The summed E-state index contributed by atoms with van der Waals surface area (Å²) >= 11 is 1.85. The van der Waals surface area contributed by atoms with Crippen molar-refractivity contribution in [1.29, 1.82) is 0 Å². The number of rotatable bonds is 4. The van der Waals surface area contributed by atoms with Crippen LogP contribution in [0.5, 0.6) is 0 Å². The van der Waals surface area contributed by atoms with Gasteiger partial charge in [-0.3, -0.25) is 4.57 Å². The summed E-state index contributed by atoms with van der Waals surface area (Å²) in [6.07, 6.45) is 1.89. The van der Waals surface area contributed by atoms with Crippen LogP contribution in [0.2, 0.25) is 0 Å². The van der Waals surface area contributed by atoms with Gasteiger partial charge in [-0.1, -0.05) is 127 Å². The van der Waals surface area contributed by atoms with Crippen LogP contribution in [0, 0.1) is 0 Å². The second-order valence-electron chi connectivity index (χ2n) is 11.0. The summed E-state index contributed by atoms with van der Waals surface area (Å²) in [7, 11) is 0. The summed E-state index contributed by atoms with van der Waals surface area (Å²) in [5.41, 5.74) is 9.08. The second kappa shape index (κ2) is 10.0.